The largest absolute Gasteiger partial charge is 0.497 e. The SMILES string of the molecule is COc1ccc2oc([C@H](C)N[C@@H](C)c3nnc(C)o3)c(C)c2c1. The number of methoxy groups -OCH3 is 1. The van der Waals surface area contributed by atoms with Gasteiger partial charge in [-0.05, 0) is 39.0 Å². The topological polar surface area (TPSA) is 73.3 Å². The molecule has 122 valence electrons. The van der Waals surface area contributed by atoms with Gasteiger partial charge in [0.05, 0.1) is 19.2 Å². The van der Waals surface area contributed by atoms with Gasteiger partial charge in [0.15, 0.2) is 0 Å². The summed E-state index contributed by atoms with van der Waals surface area (Å²) in [5.41, 5.74) is 1.96. The molecule has 2 heterocycles. The van der Waals surface area contributed by atoms with Crippen LogP contribution in [0.1, 0.15) is 49.0 Å². The van der Waals surface area contributed by atoms with Crippen molar-refractivity contribution in [2.75, 3.05) is 7.11 Å². The van der Waals surface area contributed by atoms with E-state index in [0.29, 0.717) is 11.8 Å². The van der Waals surface area contributed by atoms with Crippen molar-refractivity contribution in [2.45, 2.75) is 39.8 Å². The number of nitrogens with zero attached hydrogens (tertiary/aromatic N) is 2. The number of ether oxygens (including phenoxy) is 1. The van der Waals surface area contributed by atoms with E-state index in [4.69, 9.17) is 13.6 Å². The van der Waals surface area contributed by atoms with Crippen molar-refractivity contribution in [1.82, 2.24) is 15.5 Å². The number of furan rings is 1. The van der Waals surface area contributed by atoms with Crippen molar-refractivity contribution >= 4 is 11.0 Å². The first kappa shape index (κ1) is 15.6. The number of nitrogens with one attached hydrogen (secondary N) is 1. The fourth-order valence-corrected chi connectivity index (χ4v) is 2.77. The Bertz CT molecular complexity index is 822. The van der Waals surface area contributed by atoms with E-state index in [-0.39, 0.29) is 12.1 Å². The summed E-state index contributed by atoms with van der Waals surface area (Å²) in [5.74, 6) is 2.86. The molecule has 6 nitrogen and oxygen atoms in total. The maximum Gasteiger partial charge on any atom is 0.233 e. The fraction of sp³-hybridized carbons (Fsp3) is 0.412. The molecule has 3 aromatic rings. The minimum atomic E-state index is -0.0617. The van der Waals surface area contributed by atoms with Crippen molar-refractivity contribution in [3.05, 3.63) is 41.3 Å². The van der Waals surface area contributed by atoms with Crippen LogP contribution in [0.5, 0.6) is 5.75 Å². The summed E-state index contributed by atoms with van der Waals surface area (Å²) in [6.45, 7) is 7.88. The standard InChI is InChI=1S/C17H21N3O3/c1-9-14-8-13(21-5)6-7-15(14)23-16(9)10(2)18-11(3)17-20-19-12(4)22-17/h6-8,10-11,18H,1-5H3/t10-,11-/m0/s1. The molecule has 0 bridgehead atoms. The smallest absolute Gasteiger partial charge is 0.233 e. The summed E-state index contributed by atoms with van der Waals surface area (Å²) in [6, 6.07) is 5.78. The van der Waals surface area contributed by atoms with Gasteiger partial charge in [0.2, 0.25) is 11.8 Å². The predicted molar refractivity (Wildman–Crippen MR) is 86.5 cm³/mol. The summed E-state index contributed by atoms with van der Waals surface area (Å²) in [7, 11) is 1.66. The Morgan fingerprint density at radius 3 is 2.52 bits per heavy atom. The molecule has 0 aliphatic carbocycles. The molecule has 0 radical (unpaired) electrons. The van der Waals surface area contributed by atoms with Crippen LogP contribution in [0.2, 0.25) is 0 Å². The number of aryl methyl sites for hydroxylation is 2. The van der Waals surface area contributed by atoms with Gasteiger partial charge in [0.25, 0.3) is 0 Å². The van der Waals surface area contributed by atoms with E-state index in [0.717, 1.165) is 28.0 Å². The Hall–Kier alpha value is -2.34. The lowest BCUT2D eigenvalue weighted by atomic mass is 10.1. The number of hydrogen-bond donors (Lipinski definition) is 1. The molecule has 6 heteroatoms. The number of hydrogen-bond acceptors (Lipinski definition) is 6. The third-order valence-corrected chi connectivity index (χ3v) is 3.99. The van der Waals surface area contributed by atoms with Gasteiger partial charge >= 0.3 is 0 Å². The molecular weight excluding hydrogens is 294 g/mol. The lowest BCUT2D eigenvalue weighted by Crippen LogP contribution is -2.22. The van der Waals surface area contributed by atoms with Gasteiger partial charge in [-0.3, -0.25) is 5.32 Å². The summed E-state index contributed by atoms with van der Waals surface area (Å²) in [6.07, 6.45) is 0. The van der Waals surface area contributed by atoms with E-state index >= 15 is 0 Å². The van der Waals surface area contributed by atoms with Crippen molar-refractivity contribution in [1.29, 1.82) is 0 Å². The summed E-state index contributed by atoms with van der Waals surface area (Å²) >= 11 is 0. The van der Waals surface area contributed by atoms with Gasteiger partial charge in [-0.25, -0.2) is 0 Å². The molecule has 3 rings (SSSR count). The van der Waals surface area contributed by atoms with Crippen LogP contribution in [0.4, 0.5) is 0 Å². The van der Waals surface area contributed by atoms with Crippen LogP contribution in [0.25, 0.3) is 11.0 Å². The van der Waals surface area contributed by atoms with E-state index in [1.54, 1.807) is 14.0 Å². The molecule has 0 amide bonds. The number of rotatable bonds is 5. The number of benzene rings is 1. The van der Waals surface area contributed by atoms with E-state index in [9.17, 15) is 0 Å². The van der Waals surface area contributed by atoms with Crippen LogP contribution in [0.15, 0.2) is 27.0 Å². The first-order chi connectivity index (χ1) is 11.0. The zero-order valence-corrected chi connectivity index (χ0v) is 14.0. The highest BCUT2D eigenvalue weighted by Gasteiger charge is 2.21. The molecule has 0 saturated heterocycles. The maximum absolute atomic E-state index is 6.02. The van der Waals surface area contributed by atoms with Crippen molar-refractivity contribution < 1.29 is 13.6 Å². The quantitative estimate of drug-likeness (QED) is 0.771. The highest BCUT2D eigenvalue weighted by molar-refractivity contribution is 5.83. The molecule has 2 aromatic heterocycles. The molecule has 0 aliphatic rings. The number of fused-ring (bicyclic) bond motifs is 1. The minimum Gasteiger partial charge on any atom is -0.497 e. The monoisotopic (exact) mass is 315 g/mol. The van der Waals surface area contributed by atoms with Crippen molar-refractivity contribution in [3.63, 3.8) is 0 Å². The molecule has 1 aromatic carbocycles. The Morgan fingerprint density at radius 2 is 1.87 bits per heavy atom. The van der Waals surface area contributed by atoms with Crippen LogP contribution in [0, 0.1) is 13.8 Å². The molecule has 1 N–H and O–H groups in total. The van der Waals surface area contributed by atoms with Crippen LogP contribution in [0.3, 0.4) is 0 Å². The van der Waals surface area contributed by atoms with Gasteiger partial charge in [0, 0.05) is 17.9 Å². The van der Waals surface area contributed by atoms with Gasteiger partial charge in [-0.1, -0.05) is 0 Å². The van der Waals surface area contributed by atoms with E-state index < -0.39 is 0 Å². The second-order valence-electron chi connectivity index (χ2n) is 5.72. The normalized spacial score (nSPS) is 14.1. The Labute approximate surface area is 134 Å². The molecule has 0 spiro atoms. The zero-order chi connectivity index (χ0) is 16.6. The van der Waals surface area contributed by atoms with E-state index in [1.165, 1.54) is 0 Å². The predicted octanol–water partition coefficient (Wildman–Crippen LogP) is 3.85. The third kappa shape index (κ3) is 2.94. The molecule has 2 atom stereocenters. The third-order valence-electron chi connectivity index (χ3n) is 3.99. The van der Waals surface area contributed by atoms with Crippen LogP contribution >= 0.6 is 0 Å². The molecule has 0 fully saturated rings. The van der Waals surface area contributed by atoms with Crippen LogP contribution in [-0.4, -0.2) is 17.3 Å². The molecule has 0 unspecified atom stereocenters. The molecular formula is C17H21N3O3. The van der Waals surface area contributed by atoms with Crippen LogP contribution < -0.4 is 10.1 Å². The summed E-state index contributed by atoms with van der Waals surface area (Å²) < 4.78 is 16.8. The van der Waals surface area contributed by atoms with E-state index in [2.05, 4.69) is 29.4 Å². The van der Waals surface area contributed by atoms with Gasteiger partial charge in [-0.15, -0.1) is 10.2 Å². The Morgan fingerprint density at radius 1 is 1.09 bits per heavy atom. The Kier molecular flexibility index (Phi) is 4.09. The van der Waals surface area contributed by atoms with E-state index in [1.807, 2.05) is 25.1 Å². The van der Waals surface area contributed by atoms with Crippen molar-refractivity contribution in [3.8, 4) is 5.75 Å². The lowest BCUT2D eigenvalue weighted by Gasteiger charge is -2.16. The second kappa shape index (κ2) is 6.04. The zero-order valence-electron chi connectivity index (χ0n) is 14.0. The lowest BCUT2D eigenvalue weighted by molar-refractivity contribution is 0.356. The summed E-state index contributed by atoms with van der Waals surface area (Å²) in [5, 5.41) is 12.4. The van der Waals surface area contributed by atoms with Gasteiger partial charge in [0.1, 0.15) is 17.1 Å². The minimum absolute atomic E-state index is 0.00982. The second-order valence-corrected chi connectivity index (χ2v) is 5.72. The molecule has 0 saturated carbocycles. The maximum atomic E-state index is 6.02. The fourth-order valence-electron chi connectivity index (χ4n) is 2.77. The van der Waals surface area contributed by atoms with Gasteiger partial charge in [-0.2, -0.15) is 0 Å². The first-order valence-corrected chi connectivity index (χ1v) is 7.62. The van der Waals surface area contributed by atoms with Crippen molar-refractivity contribution in [2.24, 2.45) is 0 Å². The average Bonchev–Trinajstić information content (AvgIpc) is 3.11. The highest BCUT2D eigenvalue weighted by atomic mass is 16.5. The van der Waals surface area contributed by atoms with Crippen LogP contribution in [-0.2, 0) is 0 Å². The molecule has 23 heavy (non-hydrogen) atoms. The van der Waals surface area contributed by atoms with Gasteiger partial charge < -0.3 is 13.6 Å². The summed E-state index contributed by atoms with van der Waals surface area (Å²) in [4.78, 5) is 0. The Balaban J connectivity index is 1.85. The number of aromatic nitrogens is 2. The highest BCUT2D eigenvalue weighted by Crippen LogP contribution is 2.32. The molecule has 0 aliphatic heterocycles. The average molecular weight is 315 g/mol. The first-order valence-electron chi connectivity index (χ1n) is 7.62.